The molecule has 0 unspecified atom stereocenters. The quantitative estimate of drug-likeness (QED) is 0.712. The zero-order chi connectivity index (χ0) is 9.68. The molecule has 0 aliphatic heterocycles. The predicted octanol–water partition coefficient (Wildman–Crippen LogP) is 1.18. The van der Waals surface area contributed by atoms with Gasteiger partial charge in [0.15, 0.2) is 0 Å². The SMILES string of the molecule is CCNCc1cc(C(=O)OC)co1. The van der Waals surface area contributed by atoms with E-state index >= 15 is 0 Å². The van der Waals surface area contributed by atoms with Crippen LogP contribution in [0, 0.1) is 0 Å². The highest BCUT2D eigenvalue weighted by atomic mass is 16.5. The van der Waals surface area contributed by atoms with Crippen molar-refractivity contribution in [2.45, 2.75) is 13.5 Å². The minimum Gasteiger partial charge on any atom is -0.467 e. The average Bonchev–Trinajstić information content (AvgIpc) is 2.62. The second-order valence-corrected chi connectivity index (χ2v) is 2.57. The van der Waals surface area contributed by atoms with Crippen LogP contribution in [0.5, 0.6) is 0 Å². The average molecular weight is 183 g/mol. The van der Waals surface area contributed by atoms with E-state index in [1.54, 1.807) is 6.07 Å². The summed E-state index contributed by atoms with van der Waals surface area (Å²) < 4.78 is 9.66. The van der Waals surface area contributed by atoms with E-state index in [9.17, 15) is 4.79 Å². The van der Waals surface area contributed by atoms with Crippen molar-refractivity contribution >= 4 is 5.97 Å². The van der Waals surface area contributed by atoms with Gasteiger partial charge in [-0.05, 0) is 12.6 Å². The van der Waals surface area contributed by atoms with Gasteiger partial charge in [0, 0.05) is 0 Å². The summed E-state index contributed by atoms with van der Waals surface area (Å²) in [6.07, 6.45) is 1.40. The van der Waals surface area contributed by atoms with E-state index in [0.29, 0.717) is 12.1 Å². The Hall–Kier alpha value is -1.29. The number of hydrogen-bond acceptors (Lipinski definition) is 4. The molecule has 1 rings (SSSR count). The number of rotatable bonds is 4. The van der Waals surface area contributed by atoms with Gasteiger partial charge in [0.1, 0.15) is 12.0 Å². The largest absolute Gasteiger partial charge is 0.467 e. The number of furan rings is 1. The molecule has 0 aliphatic carbocycles. The first-order valence-electron chi connectivity index (χ1n) is 4.14. The number of ether oxygens (including phenoxy) is 1. The molecule has 0 atom stereocenters. The fourth-order valence-corrected chi connectivity index (χ4v) is 0.946. The first-order chi connectivity index (χ1) is 6.27. The number of esters is 1. The van der Waals surface area contributed by atoms with Gasteiger partial charge in [-0.25, -0.2) is 4.79 Å². The lowest BCUT2D eigenvalue weighted by Crippen LogP contribution is -2.10. The van der Waals surface area contributed by atoms with Crippen LogP contribution >= 0.6 is 0 Å². The van der Waals surface area contributed by atoms with Crippen LogP contribution in [0.1, 0.15) is 23.0 Å². The fraction of sp³-hybridized carbons (Fsp3) is 0.444. The molecule has 0 spiro atoms. The topological polar surface area (TPSA) is 51.5 Å². The van der Waals surface area contributed by atoms with Crippen LogP contribution in [0.3, 0.4) is 0 Å². The lowest BCUT2D eigenvalue weighted by Gasteiger charge is -1.94. The van der Waals surface area contributed by atoms with Gasteiger partial charge in [-0.15, -0.1) is 0 Å². The summed E-state index contributed by atoms with van der Waals surface area (Å²) in [6, 6.07) is 1.68. The van der Waals surface area contributed by atoms with Gasteiger partial charge in [-0.1, -0.05) is 6.92 Å². The van der Waals surface area contributed by atoms with Gasteiger partial charge in [-0.2, -0.15) is 0 Å². The monoisotopic (exact) mass is 183 g/mol. The summed E-state index contributed by atoms with van der Waals surface area (Å²) in [5.74, 6) is 0.369. The first-order valence-corrected chi connectivity index (χ1v) is 4.14. The predicted molar refractivity (Wildman–Crippen MR) is 47.4 cm³/mol. The molecule has 1 heterocycles. The second kappa shape index (κ2) is 4.67. The third kappa shape index (κ3) is 2.59. The molecular formula is C9H13NO3. The molecule has 0 saturated heterocycles. The van der Waals surface area contributed by atoms with E-state index < -0.39 is 0 Å². The molecule has 13 heavy (non-hydrogen) atoms. The van der Waals surface area contributed by atoms with Crippen molar-refractivity contribution in [3.8, 4) is 0 Å². The molecule has 1 N–H and O–H groups in total. The number of nitrogens with one attached hydrogen (secondary N) is 1. The molecule has 72 valence electrons. The Morgan fingerprint density at radius 3 is 3.08 bits per heavy atom. The van der Waals surface area contributed by atoms with Crippen molar-refractivity contribution < 1.29 is 13.9 Å². The van der Waals surface area contributed by atoms with Crippen LogP contribution < -0.4 is 5.32 Å². The maximum atomic E-state index is 11.0. The Morgan fingerprint density at radius 2 is 2.46 bits per heavy atom. The molecular weight excluding hydrogens is 170 g/mol. The number of carbonyl (C=O) groups excluding carboxylic acids is 1. The maximum absolute atomic E-state index is 11.0. The van der Waals surface area contributed by atoms with E-state index in [2.05, 4.69) is 10.1 Å². The standard InChI is InChI=1S/C9H13NO3/c1-3-10-5-8-4-7(6-13-8)9(11)12-2/h4,6,10H,3,5H2,1-2H3. The van der Waals surface area contributed by atoms with E-state index in [-0.39, 0.29) is 5.97 Å². The number of carbonyl (C=O) groups is 1. The first kappa shape index (κ1) is 9.80. The third-order valence-electron chi connectivity index (χ3n) is 1.62. The minimum atomic E-state index is -0.369. The molecule has 0 radical (unpaired) electrons. The Morgan fingerprint density at radius 1 is 1.69 bits per heavy atom. The maximum Gasteiger partial charge on any atom is 0.341 e. The molecule has 4 heteroatoms. The van der Waals surface area contributed by atoms with Gasteiger partial charge in [0.05, 0.1) is 19.2 Å². The van der Waals surface area contributed by atoms with Gasteiger partial charge >= 0.3 is 5.97 Å². The van der Waals surface area contributed by atoms with Crippen LogP contribution in [0.2, 0.25) is 0 Å². The number of hydrogen-bond donors (Lipinski definition) is 1. The molecule has 1 aromatic rings. The van der Waals surface area contributed by atoms with Crippen LogP contribution in [0.25, 0.3) is 0 Å². The summed E-state index contributed by atoms with van der Waals surface area (Å²) in [7, 11) is 1.35. The van der Waals surface area contributed by atoms with Crippen molar-refractivity contribution in [1.29, 1.82) is 0 Å². The van der Waals surface area contributed by atoms with Gasteiger partial charge in [0.2, 0.25) is 0 Å². The molecule has 1 aromatic heterocycles. The molecule has 0 saturated carbocycles. The summed E-state index contributed by atoms with van der Waals surface area (Å²) >= 11 is 0. The van der Waals surface area contributed by atoms with Crippen molar-refractivity contribution in [3.05, 3.63) is 23.7 Å². The molecule has 0 fully saturated rings. The molecule has 0 aromatic carbocycles. The summed E-state index contributed by atoms with van der Waals surface area (Å²) in [5, 5.41) is 3.09. The smallest absolute Gasteiger partial charge is 0.341 e. The van der Waals surface area contributed by atoms with E-state index in [1.165, 1.54) is 13.4 Å². The normalized spacial score (nSPS) is 10.0. The Labute approximate surface area is 76.9 Å². The van der Waals surface area contributed by atoms with Crippen LogP contribution in [0.4, 0.5) is 0 Å². The number of methoxy groups -OCH3 is 1. The summed E-state index contributed by atoms with van der Waals surface area (Å²) in [4.78, 5) is 11.0. The second-order valence-electron chi connectivity index (χ2n) is 2.57. The Balaban J connectivity index is 2.58. The van der Waals surface area contributed by atoms with Crippen molar-refractivity contribution in [3.63, 3.8) is 0 Å². The van der Waals surface area contributed by atoms with Crippen molar-refractivity contribution in [1.82, 2.24) is 5.32 Å². The fourth-order valence-electron chi connectivity index (χ4n) is 0.946. The molecule has 4 nitrogen and oxygen atoms in total. The summed E-state index contributed by atoms with van der Waals surface area (Å²) in [5.41, 5.74) is 0.454. The highest BCUT2D eigenvalue weighted by Crippen LogP contribution is 2.08. The Bertz CT molecular complexity index is 280. The lowest BCUT2D eigenvalue weighted by molar-refractivity contribution is 0.0600. The van der Waals surface area contributed by atoms with Crippen LogP contribution in [-0.4, -0.2) is 19.6 Å². The van der Waals surface area contributed by atoms with E-state index in [0.717, 1.165) is 12.3 Å². The highest BCUT2D eigenvalue weighted by Gasteiger charge is 2.09. The molecule has 0 aliphatic rings. The van der Waals surface area contributed by atoms with Crippen LogP contribution in [-0.2, 0) is 11.3 Å². The molecule has 0 bridgehead atoms. The molecule has 0 amide bonds. The van der Waals surface area contributed by atoms with Crippen LogP contribution in [0.15, 0.2) is 16.7 Å². The Kier molecular flexibility index (Phi) is 3.52. The van der Waals surface area contributed by atoms with Crippen molar-refractivity contribution in [2.24, 2.45) is 0 Å². The minimum absolute atomic E-state index is 0.369. The van der Waals surface area contributed by atoms with Gasteiger partial charge < -0.3 is 14.5 Å². The van der Waals surface area contributed by atoms with Crippen molar-refractivity contribution in [2.75, 3.05) is 13.7 Å². The van der Waals surface area contributed by atoms with E-state index in [4.69, 9.17) is 4.42 Å². The zero-order valence-electron chi connectivity index (χ0n) is 7.79. The lowest BCUT2D eigenvalue weighted by atomic mass is 10.3. The third-order valence-corrected chi connectivity index (χ3v) is 1.62. The van der Waals surface area contributed by atoms with E-state index in [1.807, 2.05) is 6.92 Å². The highest BCUT2D eigenvalue weighted by molar-refractivity contribution is 5.88. The van der Waals surface area contributed by atoms with Gasteiger partial charge in [0.25, 0.3) is 0 Å². The zero-order valence-corrected chi connectivity index (χ0v) is 7.79. The van der Waals surface area contributed by atoms with Gasteiger partial charge in [-0.3, -0.25) is 0 Å². The summed E-state index contributed by atoms with van der Waals surface area (Å²) in [6.45, 7) is 3.51.